The first-order valence-corrected chi connectivity index (χ1v) is 4.74. The van der Waals surface area contributed by atoms with Gasteiger partial charge in [0.25, 0.3) is 0 Å². The number of hydrogen-bond acceptors (Lipinski definition) is 2. The van der Waals surface area contributed by atoms with Crippen LogP contribution in [0, 0.1) is 17.2 Å². The van der Waals surface area contributed by atoms with Crippen LogP contribution in [-0.2, 0) is 4.74 Å². The van der Waals surface area contributed by atoms with Gasteiger partial charge in [0.05, 0.1) is 6.07 Å². The third kappa shape index (κ3) is 1.47. The summed E-state index contributed by atoms with van der Waals surface area (Å²) in [6.45, 7) is 6.43. The Balaban J connectivity index is 2.49. The number of hydrogen-bond donors (Lipinski definition) is 0. The fraction of sp³-hybridized carbons (Fsp3) is 0.900. The van der Waals surface area contributed by atoms with Gasteiger partial charge in [0.2, 0.25) is 0 Å². The predicted molar refractivity (Wildman–Crippen MR) is 47.6 cm³/mol. The molecule has 0 amide bonds. The molecular formula is C10H17NO. The topological polar surface area (TPSA) is 36.3 Å². The Hall–Kier alpha value is -0.550. The Morgan fingerprint density at radius 3 is 2.58 bits per heavy atom. The van der Waals surface area contributed by atoms with E-state index in [9.17, 15) is 0 Å². The van der Waals surface area contributed by atoms with Crippen molar-refractivity contribution in [2.24, 2.45) is 5.92 Å². The van der Waals surface area contributed by atoms with Crippen LogP contribution in [0.5, 0.6) is 0 Å². The van der Waals surface area contributed by atoms with Gasteiger partial charge in [-0.1, -0.05) is 33.6 Å². The van der Waals surface area contributed by atoms with Crippen LogP contribution in [0.25, 0.3) is 0 Å². The molecule has 1 heterocycles. The lowest BCUT2D eigenvalue weighted by Crippen LogP contribution is -2.22. The average Bonchev–Trinajstić information content (AvgIpc) is 2.76. The SMILES string of the molecule is CCCCC1(C(C)C)OC1C#N. The summed E-state index contributed by atoms with van der Waals surface area (Å²) in [7, 11) is 0. The number of rotatable bonds is 4. The van der Waals surface area contributed by atoms with E-state index in [1.165, 1.54) is 6.42 Å². The molecule has 0 spiro atoms. The maximum absolute atomic E-state index is 8.71. The lowest BCUT2D eigenvalue weighted by molar-refractivity contribution is 0.221. The highest BCUT2D eigenvalue weighted by Crippen LogP contribution is 2.46. The lowest BCUT2D eigenvalue weighted by atomic mass is 9.87. The molecule has 2 unspecified atom stereocenters. The van der Waals surface area contributed by atoms with E-state index in [4.69, 9.17) is 10.00 Å². The minimum absolute atomic E-state index is 0.0925. The highest BCUT2D eigenvalue weighted by molar-refractivity contribution is 5.15. The van der Waals surface area contributed by atoms with Crippen LogP contribution < -0.4 is 0 Å². The third-order valence-corrected chi connectivity index (χ3v) is 2.74. The van der Waals surface area contributed by atoms with Crippen LogP contribution in [0.15, 0.2) is 0 Å². The molecule has 2 atom stereocenters. The Bertz CT molecular complexity index is 195. The van der Waals surface area contributed by atoms with E-state index in [0.717, 1.165) is 12.8 Å². The smallest absolute Gasteiger partial charge is 0.173 e. The molecule has 1 aliphatic heterocycles. The molecule has 0 radical (unpaired) electrons. The van der Waals surface area contributed by atoms with Gasteiger partial charge in [-0.25, -0.2) is 0 Å². The van der Waals surface area contributed by atoms with Crippen LogP contribution >= 0.6 is 0 Å². The second kappa shape index (κ2) is 3.45. The van der Waals surface area contributed by atoms with Gasteiger partial charge in [0.15, 0.2) is 6.10 Å². The van der Waals surface area contributed by atoms with Crippen LogP contribution in [0.1, 0.15) is 40.0 Å². The summed E-state index contributed by atoms with van der Waals surface area (Å²) in [5, 5.41) is 8.71. The number of ether oxygens (including phenoxy) is 1. The summed E-state index contributed by atoms with van der Waals surface area (Å²) in [5.74, 6) is 0.466. The summed E-state index contributed by atoms with van der Waals surface area (Å²) in [6.07, 6.45) is 3.25. The molecule has 1 fully saturated rings. The first kappa shape index (κ1) is 9.54. The summed E-state index contributed by atoms with van der Waals surface area (Å²) in [4.78, 5) is 0. The molecule has 0 aromatic heterocycles. The average molecular weight is 167 g/mol. The molecule has 1 rings (SSSR count). The van der Waals surface area contributed by atoms with Crippen LogP contribution in [0.3, 0.4) is 0 Å². The van der Waals surface area contributed by atoms with Crippen LogP contribution in [0.4, 0.5) is 0 Å². The van der Waals surface area contributed by atoms with Gasteiger partial charge in [-0.3, -0.25) is 0 Å². The van der Waals surface area contributed by atoms with Crippen molar-refractivity contribution in [1.29, 1.82) is 5.26 Å². The Kier molecular flexibility index (Phi) is 2.74. The van der Waals surface area contributed by atoms with Crippen molar-refractivity contribution in [1.82, 2.24) is 0 Å². The van der Waals surface area contributed by atoms with Crippen molar-refractivity contribution in [2.45, 2.75) is 51.7 Å². The van der Waals surface area contributed by atoms with Gasteiger partial charge in [-0.05, 0) is 12.3 Å². The molecule has 1 saturated heterocycles. The zero-order valence-electron chi connectivity index (χ0n) is 8.13. The van der Waals surface area contributed by atoms with Crippen molar-refractivity contribution in [3.63, 3.8) is 0 Å². The first-order chi connectivity index (χ1) is 5.67. The van der Waals surface area contributed by atoms with Gasteiger partial charge in [-0.2, -0.15) is 5.26 Å². The molecule has 0 bridgehead atoms. The molecule has 0 N–H and O–H groups in total. The maximum Gasteiger partial charge on any atom is 0.173 e. The van der Waals surface area contributed by atoms with Gasteiger partial charge < -0.3 is 4.74 Å². The molecule has 0 aromatic rings. The zero-order valence-corrected chi connectivity index (χ0v) is 8.13. The standard InChI is InChI=1S/C10H17NO/c1-4-5-6-10(8(2)3)9(7-11)12-10/h8-9H,4-6H2,1-3H3. The van der Waals surface area contributed by atoms with E-state index in [1.54, 1.807) is 0 Å². The monoisotopic (exact) mass is 167 g/mol. The van der Waals surface area contributed by atoms with E-state index < -0.39 is 0 Å². The highest BCUT2D eigenvalue weighted by atomic mass is 16.6. The minimum atomic E-state index is -0.135. The van der Waals surface area contributed by atoms with E-state index in [-0.39, 0.29) is 11.7 Å². The quantitative estimate of drug-likeness (QED) is 0.603. The molecule has 68 valence electrons. The van der Waals surface area contributed by atoms with E-state index in [2.05, 4.69) is 26.8 Å². The third-order valence-electron chi connectivity index (χ3n) is 2.74. The summed E-state index contributed by atoms with van der Waals surface area (Å²) >= 11 is 0. The van der Waals surface area contributed by atoms with Crippen molar-refractivity contribution in [3.8, 4) is 6.07 Å². The Labute approximate surface area is 74.5 Å². The van der Waals surface area contributed by atoms with E-state index >= 15 is 0 Å². The van der Waals surface area contributed by atoms with Crippen molar-refractivity contribution in [3.05, 3.63) is 0 Å². The van der Waals surface area contributed by atoms with Crippen LogP contribution in [0.2, 0.25) is 0 Å². The molecule has 2 nitrogen and oxygen atoms in total. The fourth-order valence-electron chi connectivity index (χ4n) is 1.69. The molecule has 0 saturated carbocycles. The molecule has 0 aromatic carbocycles. The Morgan fingerprint density at radius 2 is 2.25 bits per heavy atom. The second-order valence-corrected chi connectivity index (χ2v) is 3.84. The summed E-state index contributed by atoms with van der Waals surface area (Å²) in [5.41, 5.74) is -0.0925. The molecular weight excluding hydrogens is 150 g/mol. The fourth-order valence-corrected chi connectivity index (χ4v) is 1.69. The zero-order chi connectivity index (χ0) is 9.19. The predicted octanol–water partition coefficient (Wildman–Crippen LogP) is 2.49. The molecule has 2 heteroatoms. The van der Waals surface area contributed by atoms with Gasteiger partial charge in [0.1, 0.15) is 5.60 Å². The molecule has 0 aliphatic carbocycles. The largest absolute Gasteiger partial charge is 0.350 e. The van der Waals surface area contributed by atoms with Crippen LogP contribution in [-0.4, -0.2) is 11.7 Å². The number of nitriles is 1. The first-order valence-electron chi connectivity index (χ1n) is 4.74. The van der Waals surface area contributed by atoms with Gasteiger partial charge >= 0.3 is 0 Å². The maximum atomic E-state index is 8.71. The minimum Gasteiger partial charge on any atom is -0.350 e. The van der Waals surface area contributed by atoms with Crippen molar-refractivity contribution in [2.75, 3.05) is 0 Å². The highest BCUT2D eigenvalue weighted by Gasteiger charge is 2.58. The van der Waals surface area contributed by atoms with Gasteiger partial charge in [-0.15, -0.1) is 0 Å². The summed E-state index contributed by atoms with van der Waals surface area (Å²) < 4.78 is 5.46. The molecule has 12 heavy (non-hydrogen) atoms. The molecule has 1 aliphatic rings. The second-order valence-electron chi connectivity index (χ2n) is 3.84. The van der Waals surface area contributed by atoms with Gasteiger partial charge in [0, 0.05) is 0 Å². The van der Waals surface area contributed by atoms with E-state index in [1.807, 2.05) is 0 Å². The lowest BCUT2D eigenvalue weighted by Gasteiger charge is -2.14. The number of epoxide rings is 1. The van der Waals surface area contributed by atoms with Crippen molar-refractivity contribution >= 4 is 0 Å². The number of unbranched alkanes of at least 4 members (excludes halogenated alkanes) is 1. The Morgan fingerprint density at radius 1 is 1.58 bits per heavy atom. The van der Waals surface area contributed by atoms with Crippen molar-refractivity contribution < 1.29 is 4.74 Å². The summed E-state index contributed by atoms with van der Waals surface area (Å²) in [6, 6.07) is 2.20. The normalized spacial score (nSPS) is 33.4. The van der Waals surface area contributed by atoms with E-state index in [0.29, 0.717) is 5.92 Å². The number of nitrogens with zero attached hydrogens (tertiary/aromatic N) is 1.